The lowest BCUT2D eigenvalue weighted by Gasteiger charge is -2.09. The van der Waals surface area contributed by atoms with Crippen LogP contribution in [0, 0.1) is 6.92 Å². The van der Waals surface area contributed by atoms with Gasteiger partial charge in [-0.1, -0.05) is 22.8 Å². The van der Waals surface area contributed by atoms with Crippen LogP contribution < -0.4 is 4.18 Å². The first kappa shape index (κ1) is 17.8. The van der Waals surface area contributed by atoms with Crippen molar-refractivity contribution in [3.05, 3.63) is 58.5 Å². The van der Waals surface area contributed by atoms with Gasteiger partial charge in [0, 0.05) is 11.0 Å². The Morgan fingerprint density at radius 1 is 1.08 bits per heavy atom. The third kappa shape index (κ3) is 4.03. The van der Waals surface area contributed by atoms with Crippen molar-refractivity contribution < 1.29 is 25.6 Å². The molecule has 0 heterocycles. The number of hydrogen-bond acceptors (Lipinski definition) is 6. The number of aryl methyl sites for hydroxylation is 1. The predicted octanol–water partition coefficient (Wildman–Crippen LogP) is 2.95. The van der Waals surface area contributed by atoms with Crippen LogP contribution in [0.15, 0.2) is 57.4 Å². The zero-order valence-electron chi connectivity index (χ0n) is 12.2. The maximum atomic E-state index is 12.2. The summed E-state index contributed by atoms with van der Waals surface area (Å²) in [5.74, 6) is -0.361. The number of azide groups is 1. The van der Waals surface area contributed by atoms with Crippen LogP contribution in [-0.4, -0.2) is 21.4 Å². The maximum Gasteiger partial charge on any atom is 0.339 e. The highest BCUT2D eigenvalue weighted by molar-refractivity contribution is 7.87. The summed E-state index contributed by atoms with van der Waals surface area (Å²) in [5.41, 5.74) is 8.85. The highest BCUT2D eigenvalue weighted by atomic mass is 32.2. The average Bonchev–Trinajstić information content (AvgIpc) is 2.48. The number of nitrogens with zero attached hydrogens (tertiary/aromatic N) is 3. The molecule has 0 aliphatic rings. The molecule has 0 saturated carbocycles. The van der Waals surface area contributed by atoms with Gasteiger partial charge in [0.2, 0.25) is 0 Å². The fraction of sp³-hybridized carbons (Fsp3) is 0.0769. The molecule has 0 aliphatic carbocycles. The van der Waals surface area contributed by atoms with Crippen LogP contribution in [0.1, 0.15) is 5.56 Å². The Hall–Kier alpha value is -2.59. The number of hydrogen-bond donors (Lipinski definition) is 1. The topological polar surface area (TPSA) is 146 Å². The molecule has 0 saturated heterocycles. The first-order valence-corrected chi connectivity index (χ1v) is 9.16. The number of rotatable bonds is 5. The van der Waals surface area contributed by atoms with E-state index in [1.54, 1.807) is 19.1 Å². The molecule has 0 atom stereocenters. The first-order valence-electron chi connectivity index (χ1n) is 6.31. The summed E-state index contributed by atoms with van der Waals surface area (Å²) in [6.07, 6.45) is 0. The van der Waals surface area contributed by atoms with Gasteiger partial charge in [0.1, 0.15) is 15.5 Å². The fourth-order valence-electron chi connectivity index (χ4n) is 1.76. The van der Waals surface area contributed by atoms with Gasteiger partial charge < -0.3 is 4.18 Å². The van der Waals surface area contributed by atoms with Crippen LogP contribution in [0.5, 0.6) is 5.75 Å². The normalized spacial score (nSPS) is 11.6. The quantitative estimate of drug-likeness (QED) is 0.282. The molecule has 11 heteroatoms. The molecule has 2 aromatic rings. The average molecular weight is 369 g/mol. The lowest BCUT2D eigenvalue weighted by molar-refractivity contribution is 0.475. The first-order chi connectivity index (χ1) is 11.1. The molecule has 0 aliphatic heterocycles. The minimum atomic E-state index is -4.74. The molecule has 0 aromatic heterocycles. The summed E-state index contributed by atoms with van der Waals surface area (Å²) < 4.78 is 61.0. The van der Waals surface area contributed by atoms with Crippen LogP contribution in [0.2, 0.25) is 0 Å². The maximum absolute atomic E-state index is 12.2. The molecular formula is C13H11N3O6S2. The summed E-state index contributed by atoms with van der Waals surface area (Å²) in [5, 5.41) is 3.11. The van der Waals surface area contributed by atoms with Gasteiger partial charge in [-0.15, -0.1) is 0 Å². The van der Waals surface area contributed by atoms with E-state index in [1.807, 2.05) is 0 Å². The molecule has 0 unspecified atom stereocenters. The van der Waals surface area contributed by atoms with E-state index in [1.165, 1.54) is 12.1 Å². The molecule has 0 radical (unpaired) electrons. The van der Waals surface area contributed by atoms with Gasteiger partial charge in [-0.3, -0.25) is 4.55 Å². The monoisotopic (exact) mass is 369 g/mol. The Balaban J connectivity index is 2.47. The highest BCUT2D eigenvalue weighted by Gasteiger charge is 2.20. The zero-order valence-corrected chi connectivity index (χ0v) is 13.8. The molecular weight excluding hydrogens is 358 g/mol. The molecule has 24 heavy (non-hydrogen) atoms. The van der Waals surface area contributed by atoms with Crippen molar-refractivity contribution in [1.29, 1.82) is 0 Å². The van der Waals surface area contributed by atoms with E-state index < -0.39 is 25.1 Å². The summed E-state index contributed by atoms with van der Waals surface area (Å²) in [6.45, 7) is 1.78. The van der Waals surface area contributed by atoms with Gasteiger partial charge in [0.05, 0.1) is 5.69 Å². The Kier molecular flexibility index (Phi) is 4.81. The van der Waals surface area contributed by atoms with Crippen LogP contribution in [0.25, 0.3) is 10.4 Å². The molecule has 0 bridgehead atoms. The van der Waals surface area contributed by atoms with Crippen molar-refractivity contribution in [3.8, 4) is 5.75 Å². The van der Waals surface area contributed by atoms with Crippen molar-refractivity contribution in [2.45, 2.75) is 16.7 Å². The van der Waals surface area contributed by atoms with Gasteiger partial charge >= 0.3 is 10.1 Å². The molecule has 2 aromatic carbocycles. The van der Waals surface area contributed by atoms with Crippen molar-refractivity contribution in [2.75, 3.05) is 0 Å². The van der Waals surface area contributed by atoms with E-state index in [2.05, 4.69) is 10.0 Å². The summed E-state index contributed by atoms with van der Waals surface area (Å²) >= 11 is 0. The van der Waals surface area contributed by atoms with Gasteiger partial charge in [0.15, 0.2) is 0 Å². The Morgan fingerprint density at radius 2 is 1.71 bits per heavy atom. The SMILES string of the molecule is Cc1ccc(S(=O)(=O)Oc2ccc(N=[N+]=[N-])c(S(=O)(=O)O)c2)cc1. The lowest BCUT2D eigenvalue weighted by atomic mass is 10.2. The molecule has 126 valence electrons. The van der Waals surface area contributed by atoms with E-state index in [9.17, 15) is 16.8 Å². The Morgan fingerprint density at radius 3 is 2.25 bits per heavy atom. The summed E-state index contributed by atoms with van der Waals surface area (Å²) in [7, 11) is -8.94. The van der Waals surface area contributed by atoms with E-state index in [-0.39, 0.29) is 16.3 Å². The minimum Gasteiger partial charge on any atom is -0.379 e. The third-order valence-corrected chi connectivity index (χ3v) is 5.02. The predicted molar refractivity (Wildman–Crippen MR) is 84.1 cm³/mol. The van der Waals surface area contributed by atoms with E-state index in [4.69, 9.17) is 14.3 Å². The van der Waals surface area contributed by atoms with Gasteiger partial charge in [0.25, 0.3) is 10.1 Å². The Bertz CT molecular complexity index is 1020. The molecule has 2 rings (SSSR count). The van der Waals surface area contributed by atoms with Crippen LogP contribution in [0.4, 0.5) is 5.69 Å². The van der Waals surface area contributed by atoms with Crippen LogP contribution in [0.3, 0.4) is 0 Å². The molecule has 0 amide bonds. The standard InChI is InChI=1S/C13H11N3O6S2/c1-9-2-5-11(6-3-9)24(20,21)22-10-4-7-12(15-16-14)13(8-10)23(17,18)19/h2-8H,1H3,(H,17,18,19). The van der Waals surface area contributed by atoms with Crippen molar-refractivity contribution in [2.24, 2.45) is 5.11 Å². The van der Waals surface area contributed by atoms with Crippen LogP contribution in [-0.2, 0) is 20.2 Å². The third-order valence-electron chi connectivity index (χ3n) is 2.88. The summed E-state index contributed by atoms with van der Waals surface area (Å²) in [6, 6.07) is 8.69. The molecule has 0 spiro atoms. The Labute approximate surface area is 138 Å². The second-order valence-electron chi connectivity index (χ2n) is 4.64. The van der Waals surface area contributed by atoms with Gasteiger partial charge in [-0.2, -0.15) is 16.8 Å². The molecule has 1 N–H and O–H groups in total. The fourth-order valence-corrected chi connectivity index (χ4v) is 3.32. The van der Waals surface area contributed by atoms with Crippen molar-refractivity contribution in [3.63, 3.8) is 0 Å². The van der Waals surface area contributed by atoms with Crippen molar-refractivity contribution in [1.82, 2.24) is 0 Å². The van der Waals surface area contributed by atoms with E-state index in [0.717, 1.165) is 23.8 Å². The van der Waals surface area contributed by atoms with Gasteiger partial charge in [-0.25, -0.2) is 0 Å². The lowest BCUT2D eigenvalue weighted by Crippen LogP contribution is -2.10. The van der Waals surface area contributed by atoms with E-state index in [0.29, 0.717) is 0 Å². The zero-order chi connectivity index (χ0) is 18.0. The second-order valence-corrected chi connectivity index (χ2v) is 7.58. The molecule has 9 nitrogen and oxygen atoms in total. The van der Waals surface area contributed by atoms with E-state index >= 15 is 0 Å². The van der Waals surface area contributed by atoms with Gasteiger partial charge in [-0.05, 0) is 36.7 Å². The minimum absolute atomic E-state index is 0.124. The summed E-state index contributed by atoms with van der Waals surface area (Å²) in [4.78, 5) is 1.54. The van der Waals surface area contributed by atoms with Crippen LogP contribution >= 0.6 is 0 Å². The smallest absolute Gasteiger partial charge is 0.339 e. The number of benzene rings is 2. The van der Waals surface area contributed by atoms with Crippen molar-refractivity contribution >= 4 is 25.9 Å². The second kappa shape index (κ2) is 6.49. The largest absolute Gasteiger partial charge is 0.379 e. The highest BCUT2D eigenvalue weighted by Crippen LogP contribution is 2.30. The molecule has 0 fully saturated rings.